The second kappa shape index (κ2) is 5.22. The average molecular weight is 264 g/mol. The number of anilines is 1. The summed E-state index contributed by atoms with van der Waals surface area (Å²) in [5.74, 6) is -0.228. The number of aromatic nitrogens is 2. The van der Waals surface area contributed by atoms with Crippen LogP contribution < -0.4 is 11.1 Å². The summed E-state index contributed by atoms with van der Waals surface area (Å²) in [6.07, 6.45) is 2.46. The molecule has 2 aromatic rings. The number of carbonyl (C=O) groups excluding carboxylic acids is 1. The Morgan fingerprint density at radius 2 is 2.44 bits per heavy atom. The molecule has 3 N–H and O–H groups in total. The highest BCUT2D eigenvalue weighted by Crippen LogP contribution is 2.22. The van der Waals surface area contributed by atoms with Crippen molar-refractivity contribution in [3.8, 4) is 0 Å². The third-order valence-electron chi connectivity index (χ3n) is 2.67. The minimum Gasteiger partial charge on any atom is -0.396 e. The number of nitrogens with zero attached hydrogens (tertiary/aromatic N) is 2. The molecule has 0 saturated heterocycles. The van der Waals surface area contributed by atoms with Gasteiger partial charge in [0.15, 0.2) is 5.69 Å². The number of carbonyl (C=O) groups is 1. The van der Waals surface area contributed by atoms with Crippen LogP contribution in [0.4, 0.5) is 5.69 Å². The minimum absolute atomic E-state index is 0.0129. The lowest BCUT2D eigenvalue weighted by atomic mass is 10.2. The van der Waals surface area contributed by atoms with Crippen molar-refractivity contribution in [3.63, 3.8) is 0 Å². The number of aryl methyl sites for hydroxylation is 1. The van der Waals surface area contributed by atoms with Gasteiger partial charge in [-0.3, -0.25) is 9.48 Å². The maximum absolute atomic E-state index is 12.1. The smallest absolute Gasteiger partial charge is 0.274 e. The molecule has 6 heteroatoms. The Morgan fingerprint density at radius 1 is 1.67 bits per heavy atom. The number of rotatable bonds is 4. The molecule has 0 aliphatic heterocycles. The van der Waals surface area contributed by atoms with Crippen molar-refractivity contribution in [2.24, 2.45) is 7.05 Å². The van der Waals surface area contributed by atoms with E-state index in [9.17, 15) is 4.79 Å². The molecule has 0 spiro atoms. The molecule has 1 atom stereocenters. The first kappa shape index (κ1) is 12.6. The normalized spacial score (nSPS) is 12.3. The minimum atomic E-state index is -0.228. The number of thiophene rings is 1. The van der Waals surface area contributed by atoms with Crippen LogP contribution in [0.3, 0.4) is 0 Å². The number of hydrogen-bond acceptors (Lipinski definition) is 4. The van der Waals surface area contributed by atoms with Crippen LogP contribution in [0.1, 0.15) is 34.8 Å². The van der Waals surface area contributed by atoms with Gasteiger partial charge in [-0.1, -0.05) is 13.0 Å². The van der Waals surface area contributed by atoms with E-state index >= 15 is 0 Å². The fourth-order valence-electron chi connectivity index (χ4n) is 1.77. The lowest BCUT2D eigenvalue weighted by Gasteiger charge is -2.14. The van der Waals surface area contributed by atoms with Crippen LogP contribution in [-0.4, -0.2) is 15.7 Å². The van der Waals surface area contributed by atoms with Crippen LogP contribution in [0, 0.1) is 0 Å². The van der Waals surface area contributed by atoms with Gasteiger partial charge in [-0.2, -0.15) is 5.10 Å². The van der Waals surface area contributed by atoms with Gasteiger partial charge in [0.1, 0.15) is 0 Å². The molecule has 0 aliphatic rings. The number of nitrogens with one attached hydrogen (secondary N) is 1. The zero-order chi connectivity index (χ0) is 13.1. The molecule has 96 valence electrons. The van der Waals surface area contributed by atoms with Gasteiger partial charge in [0.05, 0.1) is 11.7 Å². The maximum atomic E-state index is 12.1. The van der Waals surface area contributed by atoms with E-state index in [1.165, 1.54) is 4.68 Å². The summed E-state index contributed by atoms with van der Waals surface area (Å²) in [6.45, 7) is 2.03. The molecule has 0 fully saturated rings. The first-order valence-electron chi connectivity index (χ1n) is 5.75. The number of nitrogen functional groups attached to an aromatic ring is 1. The Morgan fingerprint density at radius 3 is 2.94 bits per heavy atom. The molecule has 18 heavy (non-hydrogen) atoms. The number of amides is 1. The summed E-state index contributed by atoms with van der Waals surface area (Å²) >= 11 is 1.63. The summed E-state index contributed by atoms with van der Waals surface area (Å²) in [4.78, 5) is 13.2. The maximum Gasteiger partial charge on any atom is 0.274 e. The van der Waals surface area contributed by atoms with Crippen molar-refractivity contribution in [2.75, 3.05) is 5.73 Å². The summed E-state index contributed by atoms with van der Waals surface area (Å²) in [7, 11) is 1.74. The number of nitrogens with two attached hydrogens (primary N) is 1. The van der Waals surface area contributed by atoms with Crippen LogP contribution in [0.25, 0.3) is 0 Å². The van der Waals surface area contributed by atoms with E-state index in [0.717, 1.165) is 11.3 Å². The standard InChI is InChI=1S/C12H16N4OS/c1-3-9(10-5-4-6-18-10)14-12(17)11-8(13)7-16(2)15-11/h4-7,9H,3,13H2,1-2H3,(H,14,17). The molecule has 0 aromatic carbocycles. The SMILES string of the molecule is CCC(NC(=O)c1nn(C)cc1N)c1cccs1. The summed E-state index contributed by atoms with van der Waals surface area (Å²) < 4.78 is 1.54. The highest BCUT2D eigenvalue weighted by Gasteiger charge is 2.19. The molecular weight excluding hydrogens is 248 g/mol. The van der Waals surface area contributed by atoms with E-state index in [-0.39, 0.29) is 17.6 Å². The zero-order valence-electron chi connectivity index (χ0n) is 10.4. The summed E-state index contributed by atoms with van der Waals surface area (Å²) in [6, 6.07) is 4.00. The van der Waals surface area contributed by atoms with Gasteiger partial charge in [-0.15, -0.1) is 11.3 Å². The highest BCUT2D eigenvalue weighted by atomic mass is 32.1. The van der Waals surface area contributed by atoms with E-state index < -0.39 is 0 Å². The van der Waals surface area contributed by atoms with Crippen molar-refractivity contribution >= 4 is 22.9 Å². The fourth-order valence-corrected chi connectivity index (χ4v) is 2.64. The third-order valence-corrected chi connectivity index (χ3v) is 3.66. The molecule has 0 aliphatic carbocycles. The lowest BCUT2D eigenvalue weighted by molar-refractivity contribution is 0.0931. The van der Waals surface area contributed by atoms with E-state index in [1.807, 2.05) is 24.4 Å². The molecule has 1 amide bonds. The molecule has 5 nitrogen and oxygen atoms in total. The van der Waals surface area contributed by atoms with Crippen LogP contribution in [0.15, 0.2) is 23.7 Å². The molecule has 0 bridgehead atoms. The molecule has 2 rings (SSSR count). The van der Waals surface area contributed by atoms with Crippen LogP contribution in [-0.2, 0) is 7.05 Å². The van der Waals surface area contributed by atoms with Gasteiger partial charge >= 0.3 is 0 Å². The Bertz CT molecular complexity index is 532. The second-order valence-electron chi connectivity index (χ2n) is 4.06. The van der Waals surface area contributed by atoms with Gasteiger partial charge in [0.2, 0.25) is 0 Å². The molecule has 0 saturated carbocycles. The van der Waals surface area contributed by atoms with Gasteiger partial charge in [0.25, 0.3) is 5.91 Å². The van der Waals surface area contributed by atoms with E-state index in [4.69, 9.17) is 5.73 Å². The van der Waals surface area contributed by atoms with Crippen molar-refractivity contribution < 1.29 is 4.79 Å². The van der Waals surface area contributed by atoms with Crippen molar-refractivity contribution in [1.29, 1.82) is 0 Å². The molecule has 2 aromatic heterocycles. The largest absolute Gasteiger partial charge is 0.396 e. The van der Waals surface area contributed by atoms with E-state index in [0.29, 0.717) is 5.69 Å². The first-order chi connectivity index (χ1) is 8.61. The topological polar surface area (TPSA) is 72.9 Å². The van der Waals surface area contributed by atoms with Crippen molar-refractivity contribution in [2.45, 2.75) is 19.4 Å². The summed E-state index contributed by atoms with van der Waals surface area (Å²) in [5, 5.41) is 9.02. The van der Waals surface area contributed by atoms with Crippen LogP contribution in [0.5, 0.6) is 0 Å². The zero-order valence-corrected chi connectivity index (χ0v) is 11.2. The quantitative estimate of drug-likeness (QED) is 0.886. The van der Waals surface area contributed by atoms with Gasteiger partial charge in [-0.25, -0.2) is 0 Å². The highest BCUT2D eigenvalue weighted by molar-refractivity contribution is 7.10. The summed E-state index contributed by atoms with van der Waals surface area (Å²) in [5.41, 5.74) is 6.42. The fraction of sp³-hybridized carbons (Fsp3) is 0.333. The first-order valence-corrected chi connectivity index (χ1v) is 6.63. The molecule has 2 heterocycles. The Balaban J connectivity index is 2.13. The Labute approximate surface area is 110 Å². The molecule has 1 unspecified atom stereocenters. The monoisotopic (exact) mass is 264 g/mol. The molecular formula is C12H16N4OS. The van der Waals surface area contributed by atoms with Gasteiger partial charge < -0.3 is 11.1 Å². The van der Waals surface area contributed by atoms with Crippen LogP contribution >= 0.6 is 11.3 Å². The van der Waals surface area contributed by atoms with Crippen molar-refractivity contribution in [1.82, 2.24) is 15.1 Å². The second-order valence-corrected chi connectivity index (χ2v) is 5.04. The predicted molar refractivity (Wildman–Crippen MR) is 72.4 cm³/mol. The predicted octanol–water partition coefficient (Wildman–Crippen LogP) is 1.94. The number of hydrogen-bond donors (Lipinski definition) is 2. The van der Waals surface area contributed by atoms with E-state index in [2.05, 4.69) is 10.4 Å². The van der Waals surface area contributed by atoms with Gasteiger partial charge in [0, 0.05) is 18.1 Å². The van der Waals surface area contributed by atoms with Crippen LogP contribution in [0.2, 0.25) is 0 Å². The Kier molecular flexibility index (Phi) is 3.66. The third kappa shape index (κ3) is 2.53. The molecule has 0 radical (unpaired) electrons. The Hall–Kier alpha value is -1.82. The average Bonchev–Trinajstić information content (AvgIpc) is 2.95. The van der Waals surface area contributed by atoms with Gasteiger partial charge in [-0.05, 0) is 17.9 Å². The van der Waals surface area contributed by atoms with E-state index in [1.54, 1.807) is 24.6 Å². The lowest BCUT2D eigenvalue weighted by Crippen LogP contribution is -2.28. The van der Waals surface area contributed by atoms with Crippen molar-refractivity contribution in [3.05, 3.63) is 34.3 Å².